The standard InChI is InChI=1S/C16H20ClN3O2S/c1-16(5-6-16)19-8-10-20(11-9-19)23(21,22)14-3-2-13-12(15(14)17)4-7-18-13/h2-4,7,18H,5-6,8-11H2,1H3. The zero-order chi connectivity index (χ0) is 16.2. The van der Waals surface area contributed by atoms with Crippen molar-refractivity contribution in [3.63, 3.8) is 0 Å². The molecule has 1 aliphatic carbocycles. The van der Waals surface area contributed by atoms with E-state index in [4.69, 9.17) is 11.6 Å². The lowest BCUT2D eigenvalue weighted by Gasteiger charge is -2.37. The predicted octanol–water partition coefficient (Wildman–Crippen LogP) is 2.68. The van der Waals surface area contributed by atoms with E-state index in [2.05, 4.69) is 16.8 Å². The number of rotatable bonds is 3. The van der Waals surface area contributed by atoms with Gasteiger partial charge in [0.1, 0.15) is 4.90 Å². The van der Waals surface area contributed by atoms with Crippen molar-refractivity contribution in [1.82, 2.24) is 14.2 Å². The Labute approximate surface area is 141 Å². The topological polar surface area (TPSA) is 56.4 Å². The zero-order valence-corrected chi connectivity index (χ0v) is 14.6. The number of H-pyrrole nitrogens is 1. The van der Waals surface area contributed by atoms with E-state index in [1.807, 2.05) is 6.07 Å². The highest BCUT2D eigenvalue weighted by Crippen LogP contribution is 2.41. The van der Waals surface area contributed by atoms with Gasteiger partial charge < -0.3 is 4.98 Å². The highest BCUT2D eigenvalue weighted by atomic mass is 35.5. The summed E-state index contributed by atoms with van der Waals surface area (Å²) < 4.78 is 27.5. The second kappa shape index (κ2) is 5.21. The molecule has 5 nitrogen and oxygen atoms in total. The van der Waals surface area contributed by atoms with Gasteiger partial charge in [-0.3, -0.25) is 4.90 Å². The number of aromatic nitrogens is 1. The highest BCUT2D eigenvalue weighted by molar-refractivity contribution is 7.89. The largest absolute Gasteiger partial charge is 0.361 e. The summed E-state index contributed by atoms with van der Waals surface area (Å²) in [5.41, 5.74) is 1.15. The molecule has 124 valence electrons. The quantitative estimate of drug-likeness (QED) is 0.923. The molecular formula is C16H20ClN3O2S. The van der Waals surface area contributed by atoms with Gasteiger partial charge in [0.15, 0.2) is 0 Å². The zero-order valence-electron chi connectivity index (χ0n) is 13.0. The maximum atomic E-state index is 13.0. The minimum atomic E-state index is -3.55. The Kier molecular flexibility index (Phi) is 3.50. The Bertz CT molecular complexity index is 849. The number of piperazine rings is 1. The molecule has 1 aromatic heterocycles. The fraction of sp³-hybridized carbons (Fsp3) is 0.500. The average molecular weight is 354 g/mol. The van der Waals surface area contributed by atoms with E-state index < -0.39 is 10.0 Å². The molecule has 1 N–H and O–H groups in total. The number of fused-ring (bicyclic) bond motifs is 1. The van der Waals surface area contributed by atoms with Crippen molar-refractivity contribution in [3.05, 3.63) is 29.4 Å². The van der Waals surface area contributed by atoms with Crippen LogP contribution in [0.15, 0.2) is 29.3 Å². The summed E-state index contributed by atoms with van der Waals surface area (Å²) in [5.74, 6) is 0. The van der Waals surface area contributed by atoms with Crippen LogP contribution in [-0.4, -0.2) is 54.3 Å². The molecule has 2 heterocycles. The van der Waals surface area contributed by atoms with Crippen LogP contribution in [0.2, 0.25) is 5.02 Å². The second-order valence-electron chi connectivity index (χ2n) is 6.70. The first-order valence-corrected chi connectivity index (χ1v) is 9.74. The maximum Gasteiger partial charge on any atom is 0.244 e. The Morgan fingerprint density at radius 3 is 2.48 bits per heavy atom. The molecule has 0 bridgehead atoms. The second-order valence-corrected chi connectivity index (χ2v) is 8.99. The van der Waals surface area contributed by atoms with Gasteiger partial charge in [0.2, 0.25) is 10.0 Å². The van der Waals surface area contributed by atoms with Crippen molar-refractivity contribution in [3.8, 4) is 0 Å². The van der Waals surface area contributed by atoms with Crippen LogP contribution in [-0.2, 0) is 10.0 Å². The van der Waals surface area contributed by atoms with Gasteiger partial charge in [0, 0.05) is 48.8 Å². The predicted molar refractivity (Wildman–Crippen MR) is 91.3 cm³/mol. The van der Waals surface area contributed by atoms with E-state index in [1.54, 1.807) is 22.6 Å². The lowest BCUT2D eigenvalue weighted by molar-refractivity contribution is 0.132. The minimum absolute atomic E-state index is 0.206. The molecule has 0 atom stereocenters. The normalized spacial score (nSPS) is 22.5. The summed E-state index contributed by atoms with van der Waals surface area (Å²) in [4.78, 5) is 5.67. The lowest BCUT2D eigenvalue weighted by atomic mass is 10.2. The molecule has 23 heavy (non-hydrogen) atoms. The van der Waals surface area contributed by atoms with Crippen LogP contribution < -0.4 is 0 Å². The van der Waals surface area contributed by atoms with E-state index in [0.717, 1.165) is 24.0 Å². The SMILES string of the molecule is CC1(N2CCN(S(=O)(=O)c3ccc4[nH]ccc4c3Cl)CC2)CC1. The smallest absolute Gasteiger partial charge is 0.244 e. The summed E-state index contributed by atoms with van der Waals surface area (Å²) in [6.07, 6.45) is 4.20. The van der Waals surface area contributed by atoms with Gasteiger partial charge in [-0.2, -0.15) is 4.31 Å². The Morgan fingerprint density at radius 2 is 1.83 bits per heavy atom. The molecule has 2 aliphatic rings. The molecule has 2 aromatic rings. The van der Waals surface area contributed by atoms with Gasteiger partial charge in [0.05, 0.1) is 5.02 Å². The minimum Gasteiger partial charge on any atom is -0.361 e. The summed E-state index contributed by atoms with van der Waals surface area (Å²) in [6.45, 7) is 4.90. The Balaban J connectivity index is 1.61. The molecule has 1 saturated carbocycles. The average Bonchev–Trinajstić information content (AvgIpc) is 3.11. The third-order valence-corrected chi connectivity index (χ3v) is 7.69. The number of nitrogens with zero attached hydrogens (tertiary/aromatic N) is 2. The summed E-state index contributed by atoms with van der Waals surface area (Å²) in [7, 11) is -3.55. The van der Waals surface area contributed by atoms with Crippen LogP contribution in [0.4, 0.5) is 0 Å². The molecule has 1 saturated heterocycles. The van der Waals surface area contributed by atoms with Crippen LogP contribution in [0.1, 0.15) is 19.8 Å². The molecule has 7 heteroatoms. The number of sulfonamides is 1. The van der Waals surface area contributed by atoms with Gasteiger partial charge in [-0.25, -0.2) is 8.42 Å². The molecule has 0 amide bonds. The van der Waals surface area contributed by atoms with E-state index in [0.29, 0.717) is 23.7 Å². The number of hydrogen-bond acceptors (Lipinski definition) is 3. The lowest BCUT2D eigenvalue weighted by Crippen LogP contribution is -2.52. The first kappa shape index (κ1) is 15.4. The number of benzene rings is 1. The van der Waals surface area contributed by atoms with Gasteiger partial charge in [-0.1, -0.05) is 11.6 Å². The first-order valence-electron chi connectivity index (χ1n) is 7.93. The van der Waals surface area contributed by atoms with Crippen molar-refractivity contribution in [2.24, 2.45) is 0 Å². The van der Waals surface area contributed by atoms with E-state index in [9.17, 15) is 8.42 Å². The van der Waals surface area contributed by atoms with E-state index in [1.165, 1.54) is 12.8 Å². The van der Waals surface area contributed by atoms with Gasteiger partial charge in [0.25, 0.3) is 0 Å². The molecule has 1 aliphatic heterocycles. The first-order chi connectivity index (χ1) is 10.9. The van der Waals surface area contributed by atoms with Gasteiger partial charge in [-0.15, -0.1) is 0 Å². The monoisotopic (exact) mass is 353 g/mol. The molecule has 1 aromatic carbocycles. The summed E-state index contributed by atoms with van der Waals surface area (Å²) >= 11 is 6.36. The van der Waals surface area contributed by atoms with Crippen LogP contribution in [0.25, 0.3) is 10.9 Å². The molecular weight excluding hydrogens is 334 g/mol. The van der Waals surface area contributed by atoms with Crippen LogP contribution in [0.5, 0.6) is 0 Å². The van der Waals surface area contributed by atoms with E-state index in [-0.39, 0.29) is 4.90 Å². The molecule has 0 unspecified atom stereocenters. The number of hydrogen-bond donors (Lipinski definition) is 1. The number of aromatic amines is 1. The molecule has 0 radical (unpaired) electrons. The van der Waals surface area contributed by atoms with Crippen LogP contribution in [0, 0.1) is 0 Å². The van der Waals surface area contributed by atoms with Crippen molar-refractivity contribution in [2.75, 3.05) is 26.2 Å². The van der Waals surface area contributed by atoms with E-state index >= 15 is 0 Å². The van der Waals surface area contributed by atoms with Crippen molar-refractivity contribution < 1.29 is 8.42 Å². The third-order valence-electron chi connectivity index (χ3n) is 5.23. The van der Waals surface area contributed by atoms with Crippen LogP contribution >= 0.6 is 11.6 Å². The molecule has 2 fully saturated rings. The fourth-order valence-corrected chi connectivity index (χ4v) is 5.40. The summed E-state index contributed by atoms with van der Waals surface area (Å²) in [5, 5.41) is 1.05. The van der Waals surface area contributed by atoms with Crippen molar-refractivity contribution >= 4 is 32.5 Å². The molecule has 4 rings (SSSR count). The van der Waals surface area contributed by atoms with Gasteiger partial charge in [-0.05, 0) is 38.0 Å². The summed E-state index contributed by atoms with van der Waals surface area (Å²) in [6, 6.07) is 5.18. The maximum absolute atomic E-state index is 13.0. The van der Waals surface area contributed by atoms with Crippen molar-refractivity contribution in [1.29, 1.82) is 0 Å². The number of nitrogens with one attached hydrogen (secondary N) is 1. The Hall–Kier alpha value is -1.08. The Morgan fingerprint density at radius 1 is 1.13 bits per heavy atom. The highest BCUT2D eigenvalue weighted by Gasteiger charge is 2.45. The van der Waals surface area contributed by atoms with Gasteiger partial charge >= 0.3 is 0 Å². The fourth-order valence-electron chi connectivity index (χ4n) is 3.38. The molecule has 0 spiro atoms. The van der Waals surface area contributed by atoms with Crippen molar-refractivity contribution in [2.45, 2.75) is 30.2 Å². The third kappa shape index (κ3) is 2.48. The van der Waals surface area contributed by atoms with Crippen LogP contribution in [0.3, 0.4) is 0 Å². The number of halogens is 1.